The molecule has 2 aromatic carbocycles. The Morgan fingerprint density at radius 1 is 1.00 bits per heavy atom. The Hall–Kier alpha value is -1.89. The van der Waals surface area contributed by atoms with Crippen molar-refractivity contribution < 1.29 is 13.2 Å². The van der Waals surface area contributed by atoms with Gasteiger partial charge in [-0.2, -0.15) is 0 Å². The molecule has 0 aliphatic carbocycles. The molecule has 0 atom stereocenters. The van der Waals surface area contributed by atoms with Gasteiger partial charge in [-0.15, -0.1) is 0 Å². The van der Waals surface area contributed by atoms with E-state index in [2.05, 4.69) is 17.6 Å². The van der Waals surface area contributed by atoms with Gasteiger partial charge in [-0.25, -0.2) is 8.42 Å². The van der Waals surface area contributed by atoms with Crippen LogP contribution in [0.5, 0.6) is 0 Å². The average Bonchev–Trinajstić information content (AvgIpc) is 2.60. The van der Waals surface area contributed by atoms with Crippen LogP contribution in [-0.2, 0) is 14.6 Å². The van der Waals surface area contributed by atoms with Gasteiger partial charge in [-0.1, -0.05) is 24.9 Å². The van der Waals surface area contributed by atoms with Crippen LogP contribution < -0.4 is 10.6 Å². The van der Waals surface area contributed by atoms with Gasteiger partial charge in [-0.3, -0.25) is 4.79 Å². The molecule has 134 valence electrons. The lowest BCUT2D eigenvalue weighted by Gasteiger charge is -2.08. The molecule has 0 aliphatic heterocycles. The Morgan fingerprint density at radius 2 is 1.56 bits per heavy atom. The first-order chi connectivity index (χ1) is 11.9. The lowest BCUT2D eigenvalue weighted by atomic mass is 10.3. The first-order valence-electron chi connectivity index (χ1n) is 8.05. The van der Waals surface area contributed by atoms with Crippen LogP contribution >= 0.6 is 11.6 Å². The number of benzene rings is 2. The van der Waals surface area contributed by atoms with Gasteiger partial charge in [0.2, 0.25) is 15.7 Å². The normalized spacial score (nSPS) is 11.3. The fourth-order valence-electron chi connectivity index (χ4n) is 2.18. The summed E-state index contributed by atoms with van der Waals surface area (Å²) >= 11 is 5.79. The summed E-state index contributed by atoms with van der Waals surface area (Å²) in [6.45, 7) is 3.11. The van der Waals surface area contributed by atoms with Crippen molar-refractivity contribution in [1.82, 2.24) is 5.32 Å². The Morgan fingerprint density at radius 3 is 2.12 bits per heavy atom. The molecule has 0 saturated carbocycles. The van der Waals surface area contributed by atoms with Gasteiger partial charge < -0.3 is 10.6 Å². The number of unbranched alkanes of at least 4 members (excludes halogenated alkanes) is 1. The van der Waals surface area contributed by atoms with Gasteiger partial charge in [0.15, 0.2) is 0 Å². The Labute approximate surface area is 153 Å². The number of carbonyl (C=O) groups excluding carboxylic acids is 1. The van der Waals surface area contributed by atoms with E-state index in [1.165, 1.54) is 36.4 Å². The van der Waals surface area contributed by atoms with Gasteiger partial charge in [0, 0.05) is 10.7 Å². The molecule has 2 aromatic rings. The summed E-state index contributed by atoms with van der Waals surface area (Å²) in [7, 11) is -3.61. The number of hydrogen-bond donors (Lipinski definition) is 2. The van der Waals surface area contributed by atoms with Crippen molar-refractivity contribution in [3.8, 4) is 0 Å². The summed E-state index contributed by atoms with van der Waals surface area (Å²) in [5.74, 6) is -0.163. The van der Waals surface area contributed by atoms with Crippen molar-refractivity contribution in [2.45, 2.75) is 29.6 Å². The third kappa shape index (κ3) is 5.56. The molecule has 0 spiro atoms. The number of carbonyl (C=O) groups is 1. The van der Waals surface area contributed by atoms with Crippen molar-refractivity contribution >= 4 is 33.0 Å². The van der Waals surface area contributed by atoms with E-state index < -0.39 is 9.84 Å². The molecule has 0 aliphatic rings. The SMILES string of the molecule is CCCCNCC(=O)Nc1ccc(S(=O)(=O)c2ccc(Cl)cc2)cc1. The van der Waals surface area contributed by atoms with E-state index in [4.69, 9.17) is 11.6 Å². The topological polar surface area (TPSA) is 75.3 Å². The van der Waals surface area contributed by atoms with E-state index in [0.717, 1.165) is 19.4 Å². The molecule has 25 heavy (non-hydrogen) atoms. The fraction of sp³-hybridized carbons (Fsp3) is 0.278. The number of sulfone groups is 1. The van der Waals surface area contributed by atoms with Crippen LogP contribution in [-0.4, -0.2) is 27.4 Å². The van der Waals surface area contributed by atoms with Gasteiger partial charge in [-0.05, 0) is 61.5 Å². The molecule has 1 amide bonds. The largest absolute Gasteiger partial charge is 0.325 e. The lowest BCUT2D eigenvalue weighted by Crippen LogP contribution is -2.28. The minimum Gasteiger partial charge on any atom is -0.325 e. The minimum absolute atomic E-state index is 0.161. The van der Waals surface area contributed by atoms with Crippen molar-refractivity contribution in [2.75, 3.05) is 18.4 Å². The minimum atomic E-state index is -3.61. The van der Waals surface area contributed by atoms with E-state index in [-0.39, 0.29) is 22.2 Å². The standard InChI is InChI=1S/C18H21ClN2O3S/c1-2-3-12-20-13-18(22)21-15-6-10-17(11-7-15)25(23,24)16-8-4-14(19)5-9-16/h4-11,20H,2-3,12-13H2,1H3,(H,21,22). The molecular weight excluding hydrogens is 360 g/mol. The zero-order valence-corrected chi connectivity index (χ0v) is 15.5. The number of nitrogens with one attached hydrogen (secondary N) is 2. The quantitative estimate of drug-likeness (QED) is 0.687. The van der Waals surface area contributed by atoms with Crippen molar-refractivity contribution in [3.63, 3.8) is 0 Å². The molecule has 0 unspecified atom stereocenters. The highest BCUT2D eigenvalue weighted by Gasteiger charge is 2.17. The fourth-order valence-corrected chi connectivity index (χ4v) is 3.56. The van der Waals surface area contributed by atoms with Gasteiger partial charge in [0.25, 0.3) is 0 Å². The summed E-state index contributed by atoms with van der Waals surface area (Å²) in [4.78, 5) is 12.1. The molecule has 0 saturated heterocycles. The first kappa shape index (κ1) is 19.4. The number of anilines is 1. The Kier molecular flexibility index (Phi) is 6.99. The molecular formula is C18H21ClN2O3S. The van der Waals surface area contributed by atoms with Crippen LogP contribution in [0.1, 0.15) is 19.8 Å². The maximum atomic E-state index is 12.5. The number of amides is 1. The van der Waals surface area contributed by atoms with Crippen molar-refractivity contribution in [2.24, 2.45) is 0 Å². The number of hydrogen-bond acceptors (Lipinski definition) is 4. The monoisotopic (exact) mass is 380 g/mol. The molecule has 0 radical (unpaired) electrons. The molecule has 0 bridgehead atoms. The Balaban J connectivity index is 2.01. The summed E-state index contributed by atoms with van der Waals surface area (Å²) in [5.41, 5.74) is 0.553. The summed E-state index contributed by atoms with van der Waals surface area (Å²) < 4.78 is 25.1. The smallest absolute Gasteiger partial charge is 0.238 e. The van der Waals surface area contributed by atoms with Crippen LogP contribution in [0.25, 0.3) is 0 Å². The molecule has 7 heteroatoms. The lowest BCUT2D eigenvalue weighted by molar-refractivity contribution is -0.115. The van der Waals surface area contributed by atoms with Gasteiger partial charge in [0.1, 0.15) is 0 Å². The first-order valence-corrected chi connectivity index (χ1v) is 9.91. The third-order valence-corrected chi connectivity index (χ3v) is 5.60. The van der Waals surface area contributed by atoms with Crippen LogP contribution in [0.2, 0.25) is 5.02 Å². The van der Waals surface area contributed by atoms with E-state index in [1.54, 1.807) is 12.1 Å². The second-order valence-corrected chi connectivity index (χ2v) is 7.95. The zero-order valence-electron chi connectivity index (χ0n) is 14.0. The summed E-state index contributed by atoms with van der Waals surface area (Å²) in [6.07, 6.45) is 2.09. The number of halogens is 1. The van der Waals surface area contributed by atoms with Crippen LogP contribution in [0.15, 0.2) is 58.3 Å². The second kappa shape index (κ2) is 8.99. The highest BCUT2D eigenvalue weighted by atomic mass is 35.5. The number of rotatable bonds is 8. The van der Waals surface area contributed by atoms with E-state index >= 15 is 0 Å². The van der Waals surface area contributed by atoms with Gasteiger partial charge in [0.05, 0.1) is 16.3 Å². The van der Waals surface area contributed by atoms with Crippen molar-refractivity contribution in [3.05, 3.63) is 53.6 Å². The third-order valence-electron chi connectivity index (χ3n) is 3.56. The van der Waals surface area contributed by atoms with Crippen LogP contribution in [0, 0.1) is 0 Å². The Bertz CT molecular complexity index is 803. The van der Waals surface area contributed by atoms with E-state index in [0.29, 0.717) is 10.7 Å². The van der Waals surface area contributed by atoms with Crippen LogP contribution in [0.4, 0.5) is 5.69 Å². The summed E-state index contributed by atoms with van der Waals surface area (Å²) in [5, 5.41) is 6.26. The zero-order chi connectivity index (χ0) is 18.3. The highest BCUT2D eigenvalue weighted by molar-refractivity contribution is 7.91. The van der Waals surface area contributed by atoms with Gasteiger partial charge >= 0.3 is 0 Å². The maximum Gasteiger partial charge on any atom is 0.238 e. The predicted molar refractivity (Wildman–Crippen MR) is 99.8 cm³/mol. The van der Waals surface area contributed by atoms with E-state index in [9.17, 15) is 13.2 Å². The van der Waals surface area contributed by atoms with Crippen molar-refractivity contribution in [1.29, 1.82) is 0 Å². The highest BCUT2D eigenvalue weighted by Crippen LogP contribution is 2.23. The van der Waals surface area contributed by atoms with Crippen LogP contribution in [0.3, 0.4) is 0 Å². The molecule has 2 N–H and O–H groups in total. The molecule has 0 heterocycles. The molecule has 5 nitrogen and oxygen atoms in total. The average molecular weight is 381 g/mol. The maximum absolute atomic E-state index is 12.5. The molecule has 2 rings (SSSR count). The molecule has 0 aromatic heterocycles. The predicted octanol–water partition coefficient (Wildman–Crippen LogP) is 3.50. The van der Waals surface area contributed by atoms with E-state index in [1.807, 2.05) is 0 Å². The summed E-state index contributed by atoms with van der Waals surface area (Å²) in [6, 6.07) is 12.1. The molecule has 0 fully saturated rings. The second-order valence-electron chi connectivity index (χ2n) is 5.56.